The van der Waals surface area contributed by atoms with Gasteiger partial charge in [-0.1, -0.05) is 196 Å². The second-order valence-electron chi connectivity index (χ2n) is 16.3. The summed E-state index contributed by atoms with van der Waals surface area (Å²) in [5.41, 5.74) is 23.0. The van der Waals surface area contributed by atoms with E-state index in [9.17, 15) is 0 Å². The van der Waals surface area contributed by atoms with E-state index in [1.54, 1.807) is 0 Å². The molecule has 300 valence electrons. The molecular formula is C62H46O. The molecule has 1 nitrogen and oxygen atoms in total. The molecule has 0 radical (unpaired) electrons. The van der Waals surface area contributed by atoms with Gasteiger partial charge in [-0.15, -0.1) is 5.92 Å². The molecule has 63 heavy (non-hydrogen) atoms. The van der Waals surface area contributed by atoms with Crippen LogP contribution in [0.25, 0.3) is 89.0 Å². The first-order chi connectivity index (χ1) is 31.0. The summed E-state index contributed by atoms with van der Waals surface area (Å²) in [6.45, 7) is 8.32. The van der Waals surface area contributed by atoms with E-state index >= 15 is 0 Å². The zero-order valence-corrected chi connectivity index (χ0v) is 36.1. The number of rotatable bonds is 2. The van der Waals surface area contributed by atoms with Gasteiger partial charge in [0.15, 0.2) is 5.76 Å². The molecular weight excluding hydrogens is 761 g/mol. The van der Waals surface area contributed by atoms with E-state index in [0.717, 1.165) is 80.0 Å². The Morgan fingerprint density at radius 2 is 0.619 bits per heavy atom. The minimum atomic E-state index is 0.773. The highest BCUT2D eigenvalue weighted by molar-refractivity contribution is 5.82. The lowest BCUT2D eigenvalue weighted by Crippen LogP contribution is -1.90. The van der Waals surface area contributed by atoms with E-state index in [4.69, 9.17) is 4.42 Å². The van der Waals surface area contributed by atoms with Crippen LogP contribution in [0.4, 0.5) is 0 Å². The molecule has 0 fully saturated rings. The molecule has 1 heterocycles. The van der Waals surface area contributed by atoms with Crippen LogP contribution in [0.2, 0.25) is 0 Å². The molecule has 31 rings (SSSR count). The molecule has 0 saturated carbocycles. The number of benzene rings is 8. The molecule has 8 aromatic carbocycles. The number of hydrogen-bond acceptors (Lipinski definition) is 1. The summed E-state index contributed by atoms with van der Waals surface area (Å²) in [6, 6.07) is 66.5. The van der Waals surface area contributed by atoms with Crippen LogP contribution < -0.4 is 0 Å². The highest BCUT2D eigenvalue weighted by Crippen LogP contribution is 2.36. The number of hydrogen-bond donors (Lipinski definition) is 0. The predicted octanol–water partition coefficient (Wildman–Crippen LogP) is 16.1. The fourth-order valence-corrected chi connectivity index (χ4v) is 9.08. The molecule has 0 atom stereocenters. The zero-order valence-electron chi connectivity index (χ0n) is 36.1. The third-order valence-electron chi connectivity index (χ3n) is 12.6. The molecule has 0 N–H and O–H groups in total. The van der Waals surface area contributed by atoms with Gasteiger partial charge in [0.05, 0.1) is 0 Å². The van der Waals surface area contributed by atoms with Gasteiger partial charge in [-0.25, -0.2) is 0 Å². The third-order valence-corrected chi connectivity index (χ3v) is 12.6. The second kappa shape index (κ2) is 16.9. The molecule has 16 bridgehead atoms. The van der Waals surface area contributed by atoms with Gasteiger partial charge in [0.25, 0.3) is 0 Å². The summed E-state index contributed by atoms with van der Waals surface area (Å²) in [6.07, 6.45) is 1.82. The SMILES string of the molecule is CC#Cc1cc2ccc1-c1ccc(cc1)-c1ccc(cc1)-c1ccc(cc1)-c1ccc(c(C#Cc3oc(C)c(CC)c3CC)c1)-c1ccc(cc1)-c1ccc(cc1)-c1ccc-2cc1. The molecule has 0 spiro atoms. The van der Waals surface area contributed by atoms with Crippen LogP contribution in [0, 0.1) is 30.6 Å². The molecule has 9 aromatic rings. The smallest absolute Gasteiger partial charge is 0.180 e. The molecule has 1 heteroatoms. The summed E-state index contributed by atoms with van der Waals surface area (Å²) < 4.78 is 6.26. The monoisotopic (exact) mass is 806 g/mol. The Balaban J connectivity index is 1.07. The normalized spacial score (nSPS) is 11.0. The number of furan rings is 1. The van der Waals surface area contributed by atoms with Crippen molar-refractivity contribution >= 4 is 0 Å². The summed E-state index contributed by atoms with van der Waals surface area (Å²) in [7, 11) is 0. The summed E-state index contributed by atoms with van der Waals surface area (Å²) in [4.78, 5) is 0. The maximum absolute atomic E-state index is 6.26. The lowest BCUT2D eigenvalue weighted by molar-refractivity contribution is 0.517. The van der Waals surface area contributed by atoms with E-state index in [0.29, 0.717) is 0 Å². The average molecular weight is 807 g/mol. The lowest BCUT2D eigenvalue weighted by Gasteiger charge is -2.12. The van der Waals surface area contributed by atoms with E-state index in [2.05, 4.69) is 226 Å². The highest BCUT2D eigenvalue weighted by atomic mass is 16.3. The van der Waals surface area contributed by atoms with Crippen molar-refractivity contribution in [2.45, 2.75) is 40.5 Å². The van der Waals surface area contributed by atoms with Crippen molar-refractivity contribution in [1.82, 2.24) is 0 Å². The Morgan fingerprint density at radius 3 is 0.937 bits per heavy atom. The van der Waals surface area contributed by atoms with E-state index in [-0.39, 0.29) is 0 Å². The van der Waals surface area contributed by atoms with E-state index < -0.39 is 0 Å². The van der Waals surface area contributed by atoms with E-state index in [1.807, 2.05) is 6.92 Å². The summed E-state index contributed by atoms with van der Waals surface area (Å²) in [5, 5.41) is 0. The van der Waals surface area contributed by atoms with Gasteiger partial charge in [-0.3, -0.25) is 0 Å². The molecule has 0 unspecified atom stereocenters. The molecule has 0 aliphatic heterocycles. The van der Waals surface area contributed by atoms with Gasteiger partial charge in [0.1, 0.15) is 5.76 Å². The second-order valence-corrected chi connectivity index (χ2v) is 16.3. The summed E-state index contributed by atoms with van der Waals surface area (Å²) >= 11 is 0. The van der Waals surface area contributed by atoms with Gasteiger partial charge in [0.2, 0.25) is 0 Å². The third kappa shape index (κ3) is 7.72. The quantitative estimate of drug-likeness (QED) is 0.159. The molecule has 22 aliphatic rings. The fourth-order valence-electron chi connectivity index (χ4n) is 9.08. The van der Waals surface area contributed by atoms with Crippen molar-refractivity contribution in [2.24, 2.45) is 0 Å². The Hall–Kier alpha value is -7.84. The minimum Gasteiger partial charge on any atom is -0.452 e. The van der Waals surface area contributed by atoms with Crippen LogP contribution in [0.15, 0.2) is 186 Å². The van der Waals surface area contributed by atoms with Crippen LogP contribution in [-0.2, 0) is 12.8 Å². The van der Waals surface area contributed by atoms with Crippen LogP contribution in [0.1, 0.15) is 54.5 Å². The molecule has 0 saturated heterocycles. The highest BCUT2D eigenvalue weighted by Gasteiger charge is 2.15. The van der Waals surface area contributed by atoms with Gasteiger partial charge in [-0.05, 0) is 139 Å². The Labute approximate surface area is 371 Å². The first kappa shape index (κ1) is 39.3. The minimum absolute atomic E-state index is 0.773. The summed E-state index contributed by atoms with van der Waals surface area (Å²) in [5.74, 6) is 15.3. The van der Waals surface area contributed by atoms with Gasteiger partial charge in [-0.2, -0.15) is 0 Å². The maximum atomic E-state index is 6.26. The standard InChI is InChI=1S/C62H46O/c1-5-8-56-39-54-33-36-60(56)52-29-25-48(26-30-52)44-13-9-43(10-14-44)47-19-23-51(24-20-47)55-34-37-61(57(40-55)35-38-62-59(7-3)58(6-2)41(4)63-62)53-31-27-49(28-32-53)45-15-11-42(12-16-45)46-17-21-50(54)22-18-46/h9-34,36-37,39-40H,6-7H2,1-4H3. The van der Waals surface area contributed by atoms with Crippen molar-refractivity contribution in [3.8, 4) is 113 Å². The molecule has 22 aliphatic carbocycles. The fraction of sp³-hybridized carbons (Fsp3) is 0.0968. The molecule has 0 amide bonds. The van der Waals surface area contributed by atoms with Crippen molar-refractivity contribution in [3.05, 3.63) is 216 Å². The van der Waals surface area contributed by atoms with Crippen molar-refractivity contribution < 1.29 is 4.42 Å². The number of aryl methyl sites for hydroxylation is 1. The Bertz CT molecular complexity index is 3240. The first-order valence-electron chi connectivity index (χ1n) is 21.9. The predicted molar refractivity (Wildman–Crippen MR) is 264 cm³/mol. The Kier molecular flexibility index (Phi) is 10.5. The average Bonchev–Trinajstić information content (AvgIpc) is 3.67. The van der Waals surface area contributed by atoms with Gasteiger partial charge < -0.3 is 4.42 Å². The van der Waals surface area contributed by atoms with Crippen LogP contribution >= 0.6 is 0 Å². The van der Waals surface area contributed by atoms with Crippen LogP contribution in [0.3, 0.4) is 0 Å². The Morgan fingerprint density at radius 1 is 0.333 bits per heavy atom. The zero-order chi connectivity index (χ0) is 42.9. The van der Waals surface area contributed by atoms with Crippen molar-refractivity contribution in [3.63, 3.8) is 0 Å². The largest absolute Gasteiger partial charge is 0.452 e. The lowest BCUT2D eigenvalue weighted by atomic mass is 9.92. The maximum Gasteiger partial charge on any atom is 0.180 e. The first-order valence-corrected chi connectivity index (χ1v) is 21.9. The van der Waals surface area contributed by atoms with Crippen molar-refractivity contribution in [2.75, 3.05) is 0 Å². The van der Waals surface area contributed by atoms with E-state index in [1.165, 1.54) is 55.6 Å². The topological polar surface area (TPSA) is 13.1 Å². The van der Waals surface area contributed by atoms with Gasteiger partial charge >= 0.3 is 0 Å². The van der Waals surface area contributed by atoms with Crippen LogP contribution in [-0.4, -0.2) is 0 Å². The van der Waals surface area contributed by atoms with Crippen LogP contribution in [0.5, 0.6) is 0 Å². The van der Waals surface area contributed by atoms with Gasteiger partial charge in [0, 0.05) is 16.7 Å². The van der Waals surface area contributed by atoms with Crippen molar-refractivity contribution in [1.29, 1.82) is 0 Å². The molecule has 1 aromatic heterocycles.